The average Bonchev–Trinajstić information content (AvgIpc) is 2.29. The first-order chi connectivity index (χ1) is 8.26. The maximum atomic E-state index is 13.3. The Morgan fingerprint density at radius 3 is 2.83 bits per heavy atom. The zero-order valence-electron chi connectivity index (χ0n) is 9.31. The van der Waals surface area contributed by atoms with Gasteiger partial charge in [-0.05, 0) is 6.92 Å². The van der Waals surface area contributed by atoms with E-state index in [1.807, 2.05) is 0 Å². The fraction of sp³-hybridized carbons (Fsp3) is 0.300. The molecule has 0 heterocycles. The van der Waals surface area contributed by atoms with Crippen molar-refractivity contribution < 1.29 is 14.1 Å². The van der Waals surface area contributed by atoms with Crippen molar-refractivity contribution in [2.75, 3.05) is 6.61 Å². The first-order valence-electron chi connectivity index (χ1n) is 4.73. The number of nitrogens with zero attached hydrogens (tertiary/aromatic N) is 2. The number of hydrogen-bond acceptors (Lipinski definition) is 5. The van der Waals surface area contributed by atoms with Crippen LogP contribution in [0.1, 0.15) is 6.92 Å². The molecule has 0 aliphatic heterocycles. The van der Waals surface area contributed by atoms with Gasteiger partial charge in [0, 0.05) is 12.1 Å². The van der Waals surface area contributed by atoms with Gasteiger partial charge in [-0.2, -0.15) is 9.65 Å². The van der Waals surface area contributed by atoms with E-state index in [0.29, 0.717) is 0 Å². The van der Waals surface area contributed by atoms with Crippen LogP contribution in [0.4, 0.5) is 10.1 Å². The molecular weight excluding hydrogens is 265 g/mol. The lowest BCUT2D eigenvalue weighted by molar-refractivity contribution is -0.387. The van der Waals surface area contributed by atoms with E-state index < -0.39 is 22.0 Å². The van der Waals surface area contributed by atoms with Gasteiger partial charge in [0.05, 0.1) is 16.0 Å². The molecule has 1 aromatic rings. The molecule has 0 aromatic heterocycles. The van der Waals surface area contributed by atoms with Crippen LogP contribution in [0, 0.1) is 27.3 Å². The second-order valence-electron chi connectivity index (χ2n) is 3.81. The molecule has 0 aliphatic carbocycles. The summed E-state index contributed by atoms with van der Waals surface area (Å²) in [5.74, 6) is -1.18. The van der Waals surface area contributed by atoms with Crippen LogP contribution in [0.15, 0.2) is 12.1 Å². The Labute approximate surface area is 107 Å². The van der Waals surface area contributed by atoms with E-state index >= 15 is 0 Å². The highest BCUT2D eigenvalue weighted by atomic mass is 35.5. The molecule has 0 spiro atoms. The van der Waals surface area contributed by atoms with Gasteiger partial charge in [0.2, 0.25) is 5.82 Å². The predicted molar refractivity (Wildman–Crippen MR) is 61.8 cm³/mol. The largest absolute Gasteiger partial charge is 0.489 e. The SMILES string of the molecule is CC(N)(C#N)COc1cc(F)c([N+](=O)[O-])cc1Cl. The molecule has 8 heteroatoms. The van der Waals surface area contributed by atoms with Crippen molar-refractivity contribution in [1.82, 2.24) is 0 Å². The summed E-state index contributed by atoms with van der Waals surface area (Å²) in [5.41, 5.74) is 3.49. The monoisotopic (exact) mass is 273 g/mol. The molecule has 0 aliphatic rings. The van der Waals surface area contributed by atoms with Crippen LogP contribution in [0.25, 0.3) is 0 Å². The fourth-order valence-corrected chi connectivity index (χ4v) is 1.24. The molecule has 6 nitrogen and oxygen atoms in total. The summed E-state index contributed by atoms with van der Waals surface area (Å²) in [5, 5.41) is 19.0. The third kappa shape index (κ3) is 3.29. The average molecular weight is 274 g/mol. The third-order valence-corrected chi connectivity index (χ3v) is 2.28. The first kappa shape index (κ1) is 14.2. The number of nitrogens with two attached hydrogens (primary N) is 1. The first-order valence-corrected chi connectivity index (χ1v) is 5.11. The summed E-state index contributed by atoms with van der Waals surface area (Å²) in [4.78, 5) is 9.56. The Morgan fingerprint density at radius 1 is 1.72 bits per heavy atom. The molecule has 0 fully saturated rings. The van der Waals surface area contributed by atoms with E-state index in [4.69, 9.17) is 27.3 Å². The standard InChI is InChI=1S/C10H9ClFN3O3/c1-10(14,4-13)5-18-9-3-7(12)8(15(16)17)2-6(9)11/h2-3H,5,14H2,1H3. The van der Waals surface area contributed by atoms with Crippen molar-refractivity contribution in [3.63, 3.8) is 0 Å². The van der Waals surface area contributed by atoms with Crippen LogP contribution in [-0.4, -0.2) is 17.1 Å². The van der Waals surface area contributed by atoms with Gasteiger partial charge >= 0.3 is 5.69 Å². The van der Waals surface area contributed by atoms with Gasteiger partial charge in [-0.1, -0.05) is 11.6 Å². The zero-order valence-corrected chi connectivity index (χ0v) is 10.1. The lowest BCUT2D eigenvalue weighted by Crippen LogP contribution is -2.40. The number of nitro benzene ring substituents is 1. The molecule has 1 atom stereocenters. The van der Waals surface area contributed by atoms with E-state index in [9.17, 15) is 14.5 Å². The molecule has 18 heavy (non-hydrogen) atoms. The van der Waals surface area contributed by atoms with Gasteiger partial charge in [-0.15, -0.1) is 0 Å². The molecule has 0 bridgehead atoms. The number of nitriles is 1. The van der Waals surface area contributed by atoms with Crippen LogP contribution < -0.4 is 10.5 Å². The highest BCUT2D eigenvalue weighted by Crippen LogP contribution is 2.31. The molecular formula is C10H9ClFN3O3. The van der Waals surface area contributed by atoms with E-state index in [1.165, 1.54) is 6.92 Å². The van der Waals surface area contributed by atoms with Crippen molar-refractivity contribution in [1.29, 1.82) is 5.26 Å². The van der Waals surface area contributed by atoms with Gasteiger partial charge in [0.25, 0.3) is 0 Å². The number of rotatable bonds is 4. The number of halogens is 2. The second kappa shape index (κ2) is 5.16. The van der Waals surface area contributed by atoms with Crippen LogP contribution >= 0.6 is 11.6 Å². The van der Waals surface area contributed by atoms with Crippen molar-refractivity contribution in [3.8, 4) is 11.8 Å². The van der Waals surface area contributed by atoms with Crippen molar-refractivity contribution in [2.45, 2.75) is 12.5 Å². The fourth-order valence-electron chi connectivity index (χ4n) is 1.03. The lowest BCUT2D eigenvalue weighted by Gasteiger charge is -2.16. The Balaban J connectivity index is 2.96. The van der Waals surface area contributed by atoms with Crippen molar-refractivity contribution >= 4 is 17.3 Å². The molecule has 0 saturated carbocycles. The van der Waals surface area contributed by atoms with E-state index in [2.05, 4.69) is 0 Å². The van der Waals surface area contributed by atoms with Gasteiger partial charge < -0.3 is 10.5 Å². The van der Waals surface area contributed by atoms with Crippen LogP contribution in [0.5, 0.6) is 5.75 Å². The Morgan fingerprint density at radius 2 is 2.33 bits per heavy atom. The van der Waals surface area contributed by atoms with Crippen LogP contribution in [0.2, 0.25) is 5.02 Å². The zero-order chi connectivity index (χ0) is 13.9. The minimum atomic E-state index is -1.26. The summed E-state index contributed by atoms with van der Waals surface area (Å²) in [6, 6.07) is 3.41. The molecule has 2 N–H and O–H groups in total. The molecule has 0 radical (unpaired) electrons. The normalized spacial score (nSPS) is 13.5. The van der Waals surface area contributed by atoms with Gasteiger partial charge in [0.1, 0.15) is 17.9 Å². The maximum Gasteiger partial charge on any atom is 0.306 e. The number of ether oxygens (including phenoxy) is 1. The van der Waals surface area contributed by atoms with Crippen LogP contribution in [-0.2, 0) is 0 Å². The number of nitro groups is 1. The topological polar surface area (TPSA) is 102 Å². The predicted octanol–water partition coefficient (Wildman–Crippen LogP) is 2.01. The van der Waals surface area contributed by atoms with Crippen LogP contribution in [0.3, 0.4) is 0 Å². The summed E-state index contributed by atoms with van der Waals surface area (Å²) in [7, 11) is 0. The Bertz CT molecular complexity index is 528. The second-order valence-corrected chi connectivity index (χ2v) is 4.22. The maximum absolute atomic E-state index is 13.3. The smallest absolute Gasteiger partial charge is 0.306 e. The highest BCUT2D eigenvalue weighted by Gasteiger charge is 2.22. The molecule has 96 valence electrons. The van der Waals surface area contributed by atoms with E-state index in [0.717, 1.165) is 12.1 Å². The Kier molecular flexibility index (Phi) is 4.06. The van der Waals surface area contributed by atoms with Gasteiger partial charge in [0.15, 0.2) is 0 Å². The Hall–Kier alpha value is -1.91. The van der Waals surface area contributed by atoms with E-state index in [1.54, 1.807) is 6.07 Å². The molecule has 0 amide bonds. The molecule has 1 unspecified atom stereocenters. The summed E-state index contributed by atoms with van der Waals surface area (Å²) in [6.45, 7) is 1.20. The highest BCUT2D eigenvalue weighted by molar-refractivity contribution is 6.32. The van der Waals surface area contributed by atoms with Crippen molar-refractivity contribution in [3.05, 3.63) is 33.1 Å². The number of benzene rings is 1. The quantitative estimate of drug-likeness (QED) is 0.668. The minimum absolute atomic E-state index is 0.105. The van der Waals surface area contributed by atoms with Gasteiger partial charge in [-0.25, -0.2) is 0 Å². The third-order valence-electron chi connectivity index (χ3n) is 1.98. The molecule has 1 rings (SSSR count). The van der Waals surface area contributed by atoms with E-state index in [-0.39, 0.29) is 17.4 Å². The summed E-state index contributed by atoms with van der Waals surface area (Å²) < 4.78 is 18.4. The molecule has 0 saturated heterocycles. The number of hydrogen-bond donors (Lipinski definition) is 1. The summed E-state index contributed by atoms with van der Waals surface area (Å²) in [6.07, 6.45) is 0. The minimum Gasteiger partial charge on any atom is -0.489 e. The molecule has 1 aromatic carbocycles. The van der Waals surface area contributed by atoms with Gasteiger partial charge in [-0.3, -0.25) is 10.1 Å². The van der Waals surface area contributed by atoms with Crippen molar-refractivity contribution in [2.24, 2.45) is 5.73 Å². The lowest BCUT2D eigenvalue weighted by atomic mass is 10.1. The summed E-state index contributed by atoms with van der Waals surface area (Å²) >= 11 is 5.70.